The van der Waals surface area contributed by atoms with Crippen LogP contribution in [0.5, 0.6) is 0 Å². The van der Waals surface area contributed by atoms with Gasteiger partial charge in [-0.05, 0) is 48.9 Å². The molecule has 2 aromatic rings. The maximum atomic E-state index is 12.1. The number of nitrogens with one attached hydrogen (secondary N) is 1. The first kappa shape index (κ1) is 14.6. The smallest absolute Gasteiger partial charge is 0.229 e. The predicted molar refractivity (Wildman–Crippen MR) is 88.1 cm³/mol. The third-order valence-electron chi connectivity index (χ3n) is 3.66. The van der Waals surface area contributed by atoms with Crippen molar-refractivity contribution in [2.75, 3.05) is 18.9 Å². The first-order chi connectivity index (χ1) is 10.1. The molecule has 1 aliphatic heterocycles. The number of halogens is 1. The van der Waals surface area contributed by atoms with Crippen molar-refractivity contribution < 1.29 is 4.79 Å². The van der Waals surface area contributed by atoms with Crippen LogP contribution in [0.4, 0.5) is 5.69 Å². The second kappa shape index (κ2) is 6.18. The van der Waals surface area contributed by atoms with Crippen molar-refractivity contribution in [1.82, 2.24) is 4.90 Å². The zero-order chi connectivity index (χ0) is 14.8. The number of carbonyl (C=O) groups excluding carboxylic acids is 1. The lowest BCUT2D eigenvalue weighted by molar-refractivity contribution is -0.115. The summed E-state index contributed by atoms with van der Waals surface area (Å²) in [6.45, 7) is 2.04. The molecule has 0 fully saturated rings. The van der Waals surface area contributed by atoms with Crippen molar-refractivity contribution in [3.63, 3.8) is 0 Å². The molecule has 0 aliphatic carbocycles. The Hall–Kier alpha value is -1.36. The van der Waals surface area contributed by atoms with E-state index in [4.69, 9.17) is 11.6 Å². The number of benzene rings is 1. The average Bonchev–Trinajstić information content (AvgIpc) is 2.83. The number of carbonyl (C=O) groups is 1. The van der Waals surface area contributed by atoms with Crippen molar-refractivity contribution in [2.24, 2.45) is 0 Å². The second-order valence-electron chi connectivity index (χ2n) is 5.40. The molecule has 0 atom stereocenters. The summed E-state index contributed by atoms with van der Waals surface area (Å²) >= 11 is 7.33. The van der Waals surface area contributed by atoms with E-state index in [1.54, 1.807) is 0 Å². The monoisotopic (exact) mass is 320 g/mol. The third kappa shape index (κ3) is 3.64. The lowest BCUT2D eigenvalue weighted by Gasteiger charge is -2.25. The number of nitrogens with zero attached hydrogens (tertiary/aromatic N) is 1. The van der Waals surface area contributed by atoms with Crippen LogP contribution in [0.3, 0.4) is 0 Å². The zero-order valence-electron chi connectivity index (χ0n) is 11.9. The Morgan fingerprint density at radius 1 is 1.33 bits per heavy atom. The maximum Gasteiger partial charge on any atom is 0.229 e. The number of likely N-dealkylation sites (N-methyl/N-ethyl adjacent to an activating group) is 1. The lowest BCUT2D eigenvalue weighted by atomic mass is 9.99. The molecule has 0 spiro atoms. The first-order valence-corrected chi connectivity index (χ1v) is 8.14. The van der Waals surface area contributed by atoms with Crippen LogP contribution in [-0.4, -0.2) is 24.4 Å². The van der Waals surface area contributed by atoms with Gasteiger partial charge in [-0.15, -0.1) is 11.3 Å². The van der Waals surface area contributed by atoms with Crippen LogP contribution in [0, 0.1) is 0 Å². The molecule has 0 saturated carbocycles. The third-order valence-corrected chi connectivity index (χ3v) is 4.89. The van der Waals surface area contributed by atoms with E-state index >= 15 is 0 Å². The fraction of sp³-hybridized carbons (Fsp3) is 0.312. The van der Waals surface area contributed by atoms with E-state index in [2.05, 4.69) is 29.4 Å². The van der Waals surface area contributed by atoms with Crippen LogP contribution in [-0.2, 0) is 24.2 Å². The van der Waals surface area contributed by atoms with E-state index in [1.165, 1.54) is 22.5 Å². The van der Waals surface area contributed by atoms with Crippen molar-refractivity contribution in [2.45, 2.75) is 19.4 Å². The van der Waals surface area contributed by atoms with E-state index in [1.807, 2.05) is 18.2 Å². The van der Waals surface area contributed by atoms with Crippen molar-refractivity contribution in [3.05, 3.63) is 50.7 Å². The number of hydrogen-bond donors (Lipinski definition) is 1. The summed E-state index contributed by atoms with van der Waals surface area (Å²) < 4.78 is 0.717. The number of anilines is 1. The van der Waals surface area contributed by atoms with Gasteiger partial charge in [-0.3, -0.25) is 4.79 Å². The number of amides is 1. The molecule has 1 aromatic carbocycles. The molecular formula is C16H17ClN2OS. The molecule has 21 heavy (non-hydrogen) atoms. The Kier molecular flexibility index (Phi) is 4.29. The highest BCUT2D eigenvalue weighted by molar-refractivity contribution is 7.16. The van der Waals surface area contributed by atoms with Crippen LogP contribution in [0.1, 0.15) is 16.0 Å². The highest BCUT2D eigenvalue weighted by Gasteiger charge is 2.14. The molecule has 0 saturated heterocycles. The molecule has 3 nitrogen and oxygen atoms in total. The van der Waals surface area contributed by atoms with Crippen LogP contribution < -0.4 is 5.32 Å². The molecule has 0 bridgehead atoms. The minimum Gasteiger partial charge on any atom is -0.326 e. The van der Waals surface area contributed by atoms with Gasteiger partial charge in [0.15, 0.2) is 0 Å². The molecule has 1 N–H and O–H groups in total. The number of rotatable bonds is 3. The Labute approximate surface area is 133 Å². The van der Waals surface area contributed by atoms with Crippen molar-refractivity contribution in [1.29, 1.82) is 0 Å². The molecule has 1 amide bonds. The van der Waals surface area contributed by atoms with Crippen LogP contribution in [0.15, 0.2) is 30.3 Å². The van der Waals surface area contributed by atoms with Gasteiger partial charge in [-0.25, -0.2) is 0 Å². The Morgan fingerprint density at radius 3 is 2.95 bits per heavy atom. The van der Waals surface area contributed by atoms with Crippen LogP contribution in [0.2, 0.25) is 4.34 Å². The number of thiophene rings is 1. The van der Waals surface area contributed by atoms with Gasteiger partial charge in [0.1, 0.15) is 0 Å². The van der Waals surface area contributed by atoms with Gasteiger partial charge < -0.3 is 10.2 Å². The molecule has 0 unspecified atom stereocenters. The van der Waals surface area contributed by atoms with Gasteiger partial charge in [-0.2, -0.15) is 0 Å². The van der Waals surface area contributed by atoms with Crippen molar-refractivity contribution in [3.8, 4) is 0 Å². The summed E-state index contributed by atoms with van der Waals surface area (Å²) in [5, 5.41) is 2.97. The van der Waals surface area contributed by atoms with E-state index in [9.17, 15) is 4.79 Å². The molecule has 1 aliphatic rings. The maximum absolute atomic E-state index is 12.1. The highest BCUT2D eigenvalue weighted by atomic mass is 35.5. The van der Waals surface area contributed by atoms with E-state index < -0.39 is 0 Å². The Bertz CT molecular complexity index is 668. The molecular weight excluding hydrogens is 304 g/mol. The minimum atomic E-state index is -0.00219. The summed E-state index contributed by atoms with van der Waals surface area (Å²) in [7, 11) is 2.12. The SMILES string of the molecule is CN1CCc2ccc(NC(=O)Cc3ccc(Cl)s3)cc2C1. The quantitative estimate of drug-likeness (QED) is 0.937. The largest absolute Gasteiger partial charge is 0.326 e. The second-order valence-corrected chi connectivity index (χ2v) is 7.20. The summed E-state index contributed by atoms with van der Waals surface area (Å²) in [6.07, 6.45) is 1.45. The van der Waals surface area contributed by atoms with Crippen LogP contribution >= 0.6 is 22.9 Å². The van der Waals surface area contributed by atoms with E-state index in [0.717, 1.165) is 34.4 Å². The summed E-state index contributed by atoms with van der Waals surface area (Å²) in [4.78, 5) is 15.3. The first-order valence-electron chi connectivity index (χ1n) is 6.94. The molecule has 3 rings (SSSR count). The average molecular weight is 321 g/mol. The van der Waals surface area contributed by atoms with Crippen molar-refractivity contribution >= 4 is 34.5 Å². The summed E-state index contributed by atoms with van der Waals surface area (Å²) in [6, 6.07) is 9.92. The van der Waals surface area contributed by atoms with Crippen LogP contribution in [0.25, 0.3) is 0 Å². The van der Waals surface area contributed by atoms with Gasteiger partial charge in [0.05, 0.1) is 10.8 Å². The fourth-order valence-corrected chi connectivity index (χ4v) is 3.67. The van der Waals surface area contributed by atoms with Gasteiger partial charge in [-0.1, -0.05) is 17.7 Å². The zero-order valence-corrected chi connectivity index (χ0v) is 13.4. The predicted octanol–water partition coefficient (Wildman–Crippen LogP) is 3.57. The van der Waals surface area contributed by atoms with E-state index in [0.29, 0.717) is 6.42 Å². The Balaban J connectivity index is 1.67. The topological polar surface area (TPSA) is 32.3 Å². The Morgan fingerprint density at radius 2 is 2.19 bits per heavy atom. The molecule has 5 heteroatoms. The van der Waals surface area contributed by atoms with Gasteiger partial charge >= 0.3 is 0 Å². The molecule has 1 aromatic heterocycles. The number of hydrogen-bond acceptors (Lipinski definition) is 3. The van der Waals surface area contributed by atoms with Gasteiger partial charge in [0.2, 0.25) is 5.91 Å². The minimum absolute atomic E-state index is 0.00219. The lowest BCUT2D eigenvalue weighted by Crippen LogP contribution is -2.26. The molecule has 110 valence electrons. The van der Waals surface area contributed by atoms with E-state index in [-0.39, 0.29) is 5.91 Å². The fourth-order valence-electron chi connectivity index (χ4n) is 2.59. The summed E-state index contributed by atoms with van der Waals surface area (Å²) in [5.41, 5.74) is 3.56. The molecule has 0 radical (unpaired) electrons. The number of fused-ring (bicyclic) bond motifs is 1. The standard InChI is InChI=1S/C16H17ClN2OS/c1-19-7-6-11-2-3-13(8-12(11)10-19)18-16(20)9-14-4-5-15(17)21-14/h2-5,8H,6-7,9-10H2,1H3,(H,18,20). The normalized spacial score (nSPS) is 14.8. The molecule has 2 heterocycles. The summed E-state index contributed by atoms with van der Waals surface area (Å²) in [5.74, 6) is -0.00219. The van der Waals surface area contributed by atoms with Gasteiger partial charge in [0, 0.05) is 23.7 Å². The van der Waals surface area contributed by atoms with Gasteiger partial charge in [0.25, 0.3) is 0 Å². The highest BCUT2D eigenvalue weighted by Crippen LogP contribution is 2.24.